The van der Waals surface area contributed by atoms with Gasteiger partial charge >= 0.3 is 0 Å². The Morgan fingerprint density at radius 3 is 2.71 bits per heavy atom. The average molecular weight is 276 g/mol. The van der Waals surface area contributed by atoms with Gasteiger partial charge in [0.15, 0.2) is 0 Å². The third-order valence-electron chi connectivity index (χ3n) is 3.29. The summed E-state index contributed by atoms with van der Waals surface area (Å²) in [6, 6.07) is 9.63. The lowest BCUT2D eigenvalue weighted by atomic mass is 9.99. The summed E-state index contributed by atoms with van der Waals surface area (Å²) >= 11 is 0. The number of hydrogen-bond donors (Lipinski definition) is 2. The highest BCUT2D eigenvalue weighted by atomic mass is 15.0. The van der Waals surface area contributed by atoms with Crippen LogP contribution in [0, 0.1) is 18.3 Å². The zero-order valence-electron chi connectivity index (χ0n) is 11.3. The van der Waals surface area contributed by atoms with E-state index in [1.807, 2.05) is 37.3 Å². The molecule has 0 amide bonds. The molecule has 21 heavy (non-hydrogen) atoms. The Morgan fingerprint density at radius 2 is 1.95 bits per heavy atom. The number of nitrogens with two attached hydrogens (primary N) is 2. The highest BCUT2D eigenvalue weighted by molar-refractivity contribution is 5.97. The van der Waals surface area contributed by atoms with Crippen molar-refractivity contribution in [2.45, 2.75) is 6.92 Å². The van der Waals surface area contributed by atoms with Crippen LogP contribution >= 0.6 is 0 Å². The van der Waals surface area contributed by atoms with Crippen LogP contribution in [0.2, 0.25) is 0 Å². The third-order valence-corrected chi connectivity index (χ3v) is 3.29. The number of nitriles is 1. The van der Waals surface area contributed by atoms with E-state index in [4.69, 9.17) is 11.5 Å². The van der Waals surface area contributed by atoms with Crippen molar-refractivity contribution in [2.75, 3.05) is 11.5 Å². The van der Waals surface area contributed by atoms with Crippen molar-refractivity contribution in [3.63, 3.8) is 0 Å². The van der Waals surface area contributed by atoms with Crippen molar-refractivity contribution >= 4 is 22.7 Å². The quantitative estimate of drug-likeness (QED) is 0.702. The lowest BCUT2D eigenvalue weighted by molar-refractivity contribution is 1.18. The second-order valence-electron chi connectivity index (χ2n) is 4.63. The second-order valence-corrected chi connectivity index (χ2v) is 4.63. The van der Waals surface area contributed by atoms with E-state index in [9.17, 15) is 5.26 Å². The van der Waals surface area contributed by atoms with Gasteiger partial charge in [-0.15, -0.1) is 0 Å². The molecule has 4 N–H and O–H groups in total. The fourth-order valence-corrected chi connectivity index (χ4v) is 2.32. The molecule has 0 bridgehead atoms. The van der Waals surface area contributed by atoms with Crippen molar-refractivity contribution in [1.29, 1.82) is 5.26 Å². The van der Waals surface area contributed by atoms with Gasteiger partial charge in [0.1, 0.15) is 17.5 Å². The fourth-order valence-electron chi connectivity index (χ4n) is 2.32. The number of aromatic nitrogens is 3. The smallest absolute Gasteiger partial charge is 0.222 e. The zero-order chi connectivity index (χ0) is 15.0. The number of rotatable bonds is 1. The topological polar surface area (TPSA) is 114 Å². The number of pyridine rings is 1. The van der Waals surface area contributed by atoms with Gasteiger partial charge in [-0.1, -0.05) is 18.2 Å². The van der Waals surface area contributed by atoms with Crippen molar-refractivity contribution in [3.05, 3.63) is 41.6 Å². The molecule has 0 saturated heterocycles. The zero-order valence-corrected chi connectivity index (χ0v) is 11.3. The van der Waals surface area contributed by atoms with Crippen molar-refractivity contribution < 1.29 is 0 Å². The molecule has 0 atom stereocenters. The van der Waals surface area contributed by atoms with Crippen molar-refractivity contribution in [1.82, 2.24) is 15.0 Å². The Kier molecular flexibility index (Phi) is 2.88. The van der Waals surface area contributed by atoms with Crippen LogP contribution in [0.4, 0.5) is 11.8 Å². The number of aryl methyl sites for hydroxylation is 1. The van der Waals surface area contributed by atoms with Crippen LogP contribution in [0.25, 0.3) is 22.2 Å². The minimum Gasteiger partial charge on any atom is -0.382 e. The highest BCUT2D eigenvalue weighted by Crippen LogP contribution is 2.32. The van der Waals surface area contributed by atoms with Crippen molar-refractivity contribution in [2.24, 2.45) is 0 Å². The standard InChI is InChI=1S/C15H12N6/c1-8-4-5-10(9-3-2-6-19-12(8)9)13-11(7-16)14(17)21-15(18)20-13/h2-6H,1H3,(H4,17,18,20,21). The molecule has 6 heteroatoms. The second kappa shape index (κ2) is 4.72. The maximum Gasteiger partial charge on any atom is 0.222 e. The molecule has 2 heterocycles. The van der Waals surface area contributed by atoms with Gasteiger partial charge < -0.3 is 11.5 Å². The van der Waals surface area contributed by atoms with E-state index in [1.165, 1.54) is 0 Å². The number of nitrogen functional groups attached to an aromatic ring is 2. The molecular formula is C15H12N6. The molecule has 0 spiro atoms. The predicted octanol–water partition coefficient (Wildman–Crippen LogP) is 2.04. The lowest BCUT2D eigenvalue weighted by Gasteiger charge is -2.10. The first kappa shape index (κ1) is 12.8. The SMILES string of the molecule is Cc1ccc(-c2nc(N)nc(N)c2C#N)c2cccnc12. The van der Waals surface area contributed by atoms with Crippen LogP contribution in [0.15, 0.2) is 30.5 Å². The van der Waals surface area contributed by atoms with E-state index in [1.54, 1.807) is 6.20 Å². The van der Waals surface area contributed by atoms with Gasteiger partial charge in [-0.2, -0.15) is 10.2 Å². The molecule has 3 aromatic rings. The Bertz CT molecular complexity index is 895. The average Bonchev–Trinajstić information content (AvgIpc) is 2.47. The van der Waals surface area contributed by atoms with Crippen molar-refractivity contribution in [3.8, 4) is 17.3 Å². The molecule has 0 unspecified atom stereocenters. The maximum atomic E-state index is 9.31. The molecule has 0 aliphatic carbocycles. The summed E-state index contributed by atoms with van der Waals surface area (Å²) < 4.78 is 0. The van der Waals surface area contributed by atoms with Crippen LogP contribution in [-0.2, 0) is 0 Å². The van der Waals surface area contributed by atoms with Gasteiger partial charge in [-0.3, -0.25) is 4.98 Å². The normalized spacial score (nSPS) is 10.5. The highest BCUT2D eigenvalue weighted by Gasteiger charge is 2.16. The molecule has 0 fully saturated rings. The molecule has 0 radical (unpaired) electrons. The summed E-state index contributed by atoms with van der Waals surface area (Å²) in [5.74, 6) is 0.122. The Labute approximate surface area is 121 Å². The van der Waals surface area contributed by atoms with E-state index >= 15 is 0 Å². The van der Waals surface area contributed by atoms with Crippen LogP contribution in [0.1, 0.15) is 11.1 Å². The first-order chi connectivity index (χ1) is 10.1. The lowest BCUT2D eigenvalue weighted by Crippen LogP contribution is -2.05. The Balaban J connectivity index is 2.42. The summed E-state index contributed by atoms with van der Waals surface area (Å²) in [5, 5.41) is 10.2. The molecule has 1 aromatic carbocycles. The van der Waals surface area contributed by atoms with Gasteiger partial charge in [-0.05, 0) is 18.6 Å². The number of nitrogens with zero attached hydrogens (tertiary/aromatic N) is 4. The Morgan fingerprint density at radius 1 is 1.14 bits per heavy atom. The van der Waals surface area contributed by atoms with Gasteiger partial charge in [0.25, 0.3) is 0 Å². The molecule has 0 saturated carbocycles. The van der Waals surface area contributed by atoms with Crippen LogP contribution in [-0.4, -0.2) is 15.0 Å². The fraction of sp³-hybridized carbons (Fsp3) is 0.0667. The largest absolute Gasteiger partial charge is 0.382 e. The summed E-state index contributed by atoms with van der Waals surface area (Å²) in [6.07, 6.45) is 1.73. The number of hydrogen-bond acceptors (Lipinski definition) is 6. The molecule has 2 aromatic heterocycles. The van der Waals surface area contributed by atoms with E-state index < -0.39 is 0 Å². The summed E-state index contributed by atoms with van der Waals surface area (Å²) in [6.45, 7) is 1.98. The first-order valence-corrected chi connectivity index (χ1v) is 6.29. The minimum absolute atomic E-state index is 0.0408. The van der Waals surface area contributed by atoms with Crippen LogP contribution in [0.5, 0.6) is 0 Å². The monoisotopic (exact) mass is 276 g/mol. The summed E-state index contributed by atoms with van der Waals surface area (Å²) in [5.41, 5.74) is 14.8. The van der Waals surface area contributed by atoms with Gasteiger partial charge in [0, 0.05) is 17.1 Å². The van der Waals surface area contributed by atoms with E-state index in [2.05, 4.69) is 15.0 Å². The maximum absolute atomic E-state index is 9.31. The summed E-state index contributed by atoms with van der Waals surface area (Å²) in [4.78, 5) is 12.4. The Hall–Kier alpha value is -3.20. The van der Waals surface area contributed by atoms with Crippen LogP contribution in [0.3, 0.4) is 0 Å². The number of benzene rings is 1. The molecule has 3 rings (SSSR count). The molecule has 6 nitrogen and oxygen atoms in total. The van der Waals surface area contributed by atoms with E-state index in [-0.39, 0.29) is 17.3 Å². The van der Waals surface area contributed by atoms with Crippen LogP contribution < -0.4 is 11.5 Å². The molecule has 102 valence electrons. The minimum atomic E-state index is 0.0408. The first-order valence-electron chi connectivity index (χ1n) is 6.29. The number of anilines is 2. The summed E-state index contributed by atoms with van der Waals surface area (Å²) in [7, 11) is 0. The molecule has 0 aliphatic rings. The van der Waals surface area contributed by atoms with E-state index in [0.717, 1.165) is 22.0 Å². The predicted molar refractivity (Wildman–Crippen MR) is 81.0 cm³/mol. The molecular weight excluding hydrogens is 264 g/mol. The number of fused-ring (bicyclic) bond motifs is 1. The van der Waals surface area contributed by atoms with E-state index in [0.29, 0.717) is 5.69 Å². The van der Waals surface area contributed by atoms with Gasteiger partial charge in [0.2, 0.25) is 5.95 Å². The van der Waals surface area contributed by atoms with Gasteiger partial charge in [0.05, 0.1) is 11.2 Å². The molecule has 0 aliphatic heterocycles. The third kappa shape index (κ3) is 2.01. The van der Waals surface area contributed by atoms with Gasteiger partial charge in [-0.25, -0.2) is 4.98 Å².